The summed E-state index contributed by atoms with van der Waals surface area (Å²) < 4.78 is 2.20. The molecule has 0 aliphatic carbocycles. The van der Waals surface area contributed by atoms with Crippen molar-refractivity contribution in [2.45, 2.75) is 31.8 Å². The molecule has 0 radical (unpaired) electrons. The Morgan fingerprint density at radius 3 is 2.65 bits per heavy atom. The zero-order valence-corrected chi connectivity index (χ0v) is 15.4. The monoisotopic (exact) mass is 347 g/mol. The van der Waals surface area contributed by atoms with Crippen molar-refractivity contribution in [3.05, 3.63) is 71.4 Å². The maximum absolute atomic E-state index is 13.3. The van der Waals surface area contributed by atoms with Gasteiger partial charge in [-0.25, -0.2) is 0 Å². The van der Waals surface area contributed by atoms with Crippen LogP contribution in [0, 0.1) is 0 Å². The highest BCUT2D eigenvalue weighted by Crippen LogP contribution is 2.38. The molecular formula is C22H25N3O. The van der Waals surface area contributed by atoms with Gasteiger partial charge in [0.15, 0.2) is 0 Å². The van der Waals surface area contributed by atoms with E-state index in [1.165, 1.54) is 16.5 Å². The van der Waals surface area contributed by atoms with E-state index in [1.807, 2.05) is 30.3 Å². The van der Waals surface area contributed by atoms with Gasteiger partial charge in [-0.05, 0) is 30.0 Å². The number of aryl methyl sites for hydroxylation is 1. The molecule has 2 aromatic carbocycles. The Bertz CT molecular complexity index is 945. The predicted molar refractivity (Wildman–Crippen MR) is 105 cm³/mol. The Morgan fingerprint density at radius 2 is 1.88 bits per heavy atom. The van der Waals surface area contributed by atoms with Crippen molar-refractivity contribution < 1.29 is 4.79 Å². The highest BCUT2D eigenvalue weighted by molar-refractivity contribution is 5.93. The highest BCUT2D eigenvalue weighted by Gasteiger charge is 2.44. The largest absolute Gasteiger partial charge is 0.350 e. The highest BCUT2D eigenvalue weighted by atomic mass is 16.2. The Kier molecular flexibility index (Phi) is 4.29. The van der Waals surface area contributed by atoms with Crippen LogP contribution in [0.15, 0.2) is 54.6 Å². The zero-order chi connectivity index (χ0) is 18.1. The molecule has 26 heavy (non-hydrogen) atoms. The number of aromatic nitrogens is 1. The molecule has 3 aromatic rings. The lowest BCUT2D eigenvalue weighted by Gasteiger charge is -2.37. The summed E-state index contributed by atoms with van der Waals surface area (Å²) in [5, 5.41) is 7.97. The molecule has 2 heterocycles. The van der Waals surface area contributed by atoms with Crippen molar-refractivity contribution in [1.29, 1.82) is 0 Å². The minimum absolute atomic E-state index is 0.0516. The average molecular weight is 347 g/mol. The van der Waals surface area contributed by atoms with Crippen molar-refractivity contribution in [1.82, 2.24) is 15.2 Å². The lowest BCUT2D eigenvalue weighted by Crippen LogP contribution is -2.57. The normalized spacial score (nSPS) is 19.3. The van der Waals surface area contributed by atoms with Crippen LogP contribution in [0.2, 0.25) is 0 Å². The Morgan fingerprint density at radius 1 is 1.15 bits per heavy atom. The molecule has 0 saturated heterocycles. The molecule has 2 N–H and O–H groups in total. The summed E-state index contributed by atoms with van der Waals surface area (Å²) in [6.07, 6.45) is 1.66. The molecule has 1 atom stereocenters. The Hall–Kier alpha value is -2.59. The fourth-order valence-electron chi connectivity index (χ4n) is 4.32. The fraction of sp³-hybridized carbons (Fsp3) is 0.318. The first-order valence-electron chi connectivity index (χ1n) is 9.31. The molecule has 0 bridgehead atoms. The van der Waals surface area contributed by atoms with E-state index in [1.54, 1.807) is 0 Å². The molecule has 0 spiro atoms. The quantitative estimate of drug-likeness (QED) is 0.761. The van der Waals surface area contributed by atoms with Crippen LogP contribution in [0.1, 0.15) is 30.2 Å². The number of fused-ring (bicyclic) bond motifs is 3. The summed E-state index contributed by atoms with van der Waals surface area (Å²) >= 11 is 0. The van der Waals surface area contributed by atoms with Crippen molar-refractivity contribution in [2.75, 3.05) is 6.54 Å². The van der Waals surface area contributed by atoms with Gasteiger partial charge in [0.2, 0.25) is 5.91 Å². The van der Waals surface area contributed by atoms with Gasteiger partial charge in [0, 0.05) is 31.0 Å². The maximum Gasteiger partial charge on any atom is 0.246 e. The van der Waals surface area contributed by atoms with Crippen molar-refractivity contribution in [2.24, 2.45) is 7.05 Å². The van der Waals surface area contributed by atoms with Gasteiger partial charge in [-0.15, -0.1) is 0 Å². The van der Waals surface area contributed by atoms with E-state index < -0.39 is 5.54 Å². The summed E-state index contributed by atoms with van der Waals surface area (Å²) in [6.45, 7) is 3.44. The van der Waals surface area contributed by atoms with Gasteiger partial charge >= 0.3 is 0 Å². The second-order valence-corrected chi connectivity index (χ2v) is 7.01. The number of carbonyl (C=O) groups is 1. The van der Waals surface area contributed by atoms with E-state index in [0.717, 1.165) is 24.2 Å². The SMILES string of the molecule is CC[C@]1(C(=O)NCc2ccccc2)NCCc2c1n(C)c1ccccc21. The van der Waals surface area contributed by atoms with Gasteiger partial charge in [-0.1, -0.05) is 55.5 Å². The van der Waals surface area contributed by atoms with Crippen LogP contribution in [0.3, 0.4) is 0 Å². The van der Waals surface area contributed by atoms with Crippen LogP contribution in [-0.2, 0) is 30.3 Å². The van der Waals surface area contributed by atoms with Crippen LogP contribution >= 0.6 is 0 Å². The molecule has 4 rings (SSSR count). The van der Waals surface area contributed by atoms with Crippen molar-refractivity contribution in [3.8, 4) is 0 Å². The lowest BCUT2D eigenvalue weighted by molar-refractivity contribution is -0.129. The Balaban J connectivity index is 1.74. The number of hydrogen-bond donors (Lipinski definition) is 2. The van der Waals surface area contributed by atoms with Crippen molar-refractivity contribution in [3.63, 3.8) is 0 Å². The smallest absolute Gasteiger partial charge is 0.246 e. The van der Waals surface area contributed by atoms with E-state index >= 15 is 0 Å². The number of rotatable bonds is 4. The third kappa shape index (κ3) is 2.53. The molecular weight excluding hydrogens is 322 g/mol. The lowest BCUT2D eigenvalue weighted by atomic mass is 9.83. The Labute approximate surface area is 154 Å². The number of para-hydroxylation sites is 1. The topological polar surface area (TPSA) is 46.1 Å². The van der Waals surface area contributed by atoms with Gasteiger partial charge < -0.3 is 9.88 Å². The second kappa shape index (κ2) is 6.61. The summed E-state index contributed by atoms with van der Waals surface area (Å²) in [4.78, 5) is 13.3. The first kappa shape index (κ1) is 16.9. The molecule has 0 unspecified atom stereocenters. The molecule has 1 amide bonds. The van der Waals surface area contributed by atoms with E-state index in [4.69, 9.17) is 0 Å². The first-order valence-corrected chi connectivity index (χ1v) is 9.31. The molecule has 0 fully saturated rings. The van der Waals surface area contributed by atoms with Crippen LogP contribution in [0.25, 0.3) is 10.9 Å². The number of carbonyl (C=O) groups excluding carboxylic acids is 1. The molecule has 4 heteroatoms. The van der Waals surface area contributed by atoms with Gasteiger partial charge in [-0.3, -0.25) is 10.1 Å². The minimum Gasteiger partial charge on any atom is -0.350 e. The standard InChI is InChI=1S/C22H25N3O/c1-3-22(21(26)23-15-16-9-5-4-6-10-16)20-18(13-14-24-22)17-11-7-8-12-19(17)25(20)2/h4-12,24H,3,13-15H2,1-2H3,(H,23,26)/t22-/m0/s1. The number of benzene rings is 2. The molecule has 4 nitrogen and oxygen atoms in total. The second-order valence-electron chi connectivity index (χ2n) is 7.01. The summed E-state index contributed by atoms with van der Waals surface area (Å²) in [6, 6.07) is 18.5. The van der Waals surface area contributed by atoms with Gasteiger partial charge in [0.05, 0.1) is 5.69 Å². The number of amides is 1. The summed E-state index contributed by atoms with van der Waals surface area (Å²) in [7, 11) is 2.07. The van der Waals surface area contributed by atoms with Crippen LogP contribution in [-0.4, -0.2) is 17.0 Å². The molecule has 0 saturated carbocycles. The van der Waals surface area contributed by atoms with E-state index in [2.05, 4.69) is 53.4 Å². The van der Waals surface area contributed by atoms with Crippen molar-refractivity contribution >= 4 is 16.8 Å². The van der Waals surface area contributed by atoms with E-state index in [-0.39, 0.29) is 5.91 Å². The number of nitrogens with one attached hydrogen (secondary N) is 2. The third-order valence-corrected chi connectivity index (χ3v) is 5.63. The van der Waals surface area contributed by atoms with Gasteiger partial charge in [0.1, 0.15) is 5.54 Å². The van der Waals surface area contributed by atoms with Crippen LogP contribution < -0.4 is 10.6 Å². The number of nitrogens with zero attached hydrogens (tertiary/aromatic N) is 1. The van der Waals surface area contributed by atoms with E-state index in [0.29, 0.717) is 13.0 Å². The molecule has 1 aliphatic heterocycles. The third-order valence-electron chi connectivity index (χ3n) is 5.63. The fourth-order valence-corrected chi connectivity index (χ4v) is 4.32. The average Bonchev–Trinajstić information content (AvgIpc) is 3.00. The first-order chi connectivity index (χ1) is 12.7. The maximum atomic E-state index is 13.3. The van der Waals surface area contributed by atoms with Crippen LogP contribution in [0.4, 0.5) is 0 Å². The molecule has 1 aromatic heterocycles. The summed E-state index contributed by atoms with van der Waals surface area (Å²) in [5.74, 6) is 0.0516. The molecule has 134 valence electrons. The molecule has 1 aliphatic rings. The van der Waals surface area contributed by atoms with Crippen LogP contribution in [0.5, 0.6) is 0 Å². The zero-order valence-electron chi connectivity index (χ0n) is 15.4. The summed E-state index contributed by atoms with van der Waals surface area (Å²) in [5.41, 5.74) is 4.03. The number of hydrogen-bond acceptors (Lipinski definition) is 2. The minimum atomic E-state index is -0.684. The van der Waals surface area contributed by atoms with E-state index in [9.17, 15) is 4.79 Å². The van der Waals surface area contributed by atoms with Gasteiger partial charge in [0.25, 0.3) is 0 Å². The predicted octanol–water partition coefficient (Wildman–Crippen LogP) is 3.25. The van der Waals surface area contributed by atoms with Gasteiger partial charge in [-0.2, -0.15) is 0 Å².